The molecule has 90 valence electrons. The summed E-state index contributed by atoms with van der Waals surface area (Å²) in [5.74, 6) is 2.84. The van der Waals surface area contributed by atoms with Crippen molar-refractivity contribution in [3.05, 3.63) is 35.4 Å². The first kappa shape index (κ1) is 12.2. The third-order valence-electron chi connectivity index (χ3n) is 3.63. The number of benzene rings is 1. The second-order valence-corrected chi connectivity index (χ2v) is 4.79. The van der Waals surface area contributed by atoms with E-state index in [0.29, 0.717) is 6.04 Å². The molecule has 0 aliphatic heterocycles. The molecule has 1 nitrogen and oxygen atoms in total. The van der Waals surface area contributed by atoms with E-state index in [9.17, 15) is 0 Å². The molecule has 2 unspecified atom stereocenters. The molecule has 1 aromatic carbocycles. The highest BCUT2D eigenvalue weighted by molar-refractivity contribution is 5.31. The van der Waals surface area contributed by atoms with Gasteiger partial charge in [-0.2, -0.15) is 0 Å². The summed E-state index contributed by atoms with van der Waals surface area (Å²) >= 11 is 0. The number of fused-ring (bicyclic) bond motifs is 1. The second-order valence-electron chi connectivity index (χ2n) is 4.79. The van der Waals surface area contributed by atoms with Crippen LogP contribution in [0.5, 0.6) is 0 Å². The monoisotopic (exact) mass is 227 g/mol. The van der Waals surface area contributed by atoms with E-state index in [1.807, 2.05) is 0 Å². The van der Waals surface area contributed by atoms with Crippen molar-refractivity contribution in [1.29, 1.82) is 0 Å². The van der Waals surface area contributed by atoms with Crippen LogP contribution >= 0.6 is 0 Å². The summed E-state index contributed by atoms with van der Waals surface area (Å²) in [5, 5.41) is 3.62. The summed E-state index contributed by atoms with van der Waals surface area (Å²) in [6, 6.07) is 9.42. The van der Waals surface area contributed by atoms with E-state index in [0.717, 1.165) is 6.42 Å². The fraction of sp³-hybridized carbons (Fsp3) is 0.500. The molecule has 0 heterocycles. The molecule has 0 amide bonds. The van der Waals surface area contributed by atoms with Gasteiger partial charge in [0.15, 0.2) is 0 Å². The van der Waals surface area contributed by atoms with E-state index >= 15 is 0 Å². The number of rotatable bonds is 3. The van der Waals surface area contributed by atoms with Crippen molar-refractivity contribution in [2.75, 3.05) is 0 Å². The van der Waals surface area contributed by atoms with Crippen molar-refractivity contribution < 1.29 is 0 Å². The lowest BCUT2D eigenvalue weighted by atomic mass is 9.98. The van der Waals surface area contributed by atoms with Crippen molar-refractivity contribution in [2.45, 2.75) is 51.1 Å². The largest absolute Gasteiger partial charge is 0.297 e. The lowest BCUT2D eigenvalue weighted by Gasteiger charge is -2.22. The van der Waals surface area contributed by atoms with Crippen LogP contribution < -0.4 is 5.32 Å². The minimum Gasteiger partial charge on any atom is -0.297 e. The molecule has 0 spiro atoms. The van der Waals surface area contributed by atoms with E-state index < -0.39 is 0 Å². The van der Waals surface area contributed by atoms with Crippen molar-refractivity contribution in [2.24, 2.45) is 0 Å². The lowest BCUT2D eigenvalue weighted by Crippen LogP contribution is -2.31. The Labute approximate surface area is 105 Å². The number of terminal acetylenes is 1. The lowest BCUT2D eigenvalue weighted by molar-refractivity contribution is 0.451. The summed E-state index contributed by atoms with van der Waals surface area (Å²) in [4.78, 5) is 0. The maximum Gasteiger partial charge on any atom is 0.0689 e. The minimum absolute atomic E-state index is 0.200. The molecule has 0 aromatic heterocycles. The fourth-order valence-corrected chi connectivity index (χ4v) is 2.62. The van der Waals surface area contributed by atoms with E-state index in [-0.39, 0.29) is 6.04 Å². The number of nitrogens with one attached hydrogen (secondary N) is 1. The summed E-state index contributed by atoms with van der Waals surface area (Å²) in [7, 11) is 0. The topological polar surface area (TPSA) is 12.0 Å². The molecule has 0 saturated heterocycles. The minimum atomic E-state index is 0.200. The van der Waals surface area contributed by atoms with E-state index in [1.54, 1.807) is 0 Å². The van der Waals surface area contributed by atoms with Crippen LogP contribution in [0.3, 0.4) is 0 Å². The van der Waals surface area contributed by atoms with E-state index in [2.05, 4.69) is 42.4 Å². The Kier molecular flexibility index (Phi) is 4.23. The molecule has 17 heavy (non-hydrogen) atoms. The molecule has 0 bridgehead atoms. The third kappa shape index (κ3) is 2.90. The van der Waals surface area contributed by atoms with Gasteiger partial charge in [0, 0.05) is 6.04 Å². The summed E-state index contributed by atoms with van der Waals surface area (Å²) in [5.41, 5.74) is 2.95. The van der Waals surface area contributed by atoms with Crippen LogP contribution in [0.4, 0.5) is 0 Å². The van der Waals surface area contributed by atoms with Crippen molar-refractivity contribution in [3.8, 4) is 12.3 Å². The second kappa shape index (κ2) is 5.89. The van der Waals surface area contributed by atoms with Gasteiger partial charge in [-0.15, -0.1) is 6.42 Å². The fourth-order valence-electron chi connectivity index (χ4n) is 2.62. The van der Waals surface area contributed by atoms with Gasteiger partial charge in [0.05, 0.1) is 6.04 Å². The number of aryl methyl sites for hydroxylation is 1. The maximum absolute atomic E-state index is 5.55. The van der Waals surface area contributed by atoms with Gasteiger partial charge in [-0.05, 0) is 36.8 Å². The van der Waals surface area contributed by atoms with Crippen molar-refractivity contribution in [1.82, 2.24) is 5.32 Å². The molecule has 0 saturated carbocycles. The van der Waals surface area contributed by atoms with Crippen LogP contribution in [-0.4, -0.2) is 6.04 Å². The van der Waals surface area contributed by atoms with Crippen LogP contribution in [-0.2, 0) is 6.42 Å². The van der Waals surface area contributed by atoms with Gasteiger partial charge >= 0.3 is 0 Å². The first-order chi connectivity index (χ1) is 8.35. The smallest absolute Gasteiger partial charge is 0.0689 e. The van der Waals surface area contributed by atoms with Crippen LogP contribution in [0.2, 0.25) is 0 Å². The Morgan fingerprint density at radius 3 is 3.00 bits per heavy atom. The summed E-state index contributed by atoms with van der Waals surface area (Å²) in [6.45, 7) is 2.14. The van der Waals surface area contributed by atoms with Gasteiger partial charge < -0.3 is 0 Å². The molecule has 1 aliphatic rings. The first-order valence-corrected chi connectivity index (χ1v) is 6.65. The molecule has 0 radical (unpaired) electrons. The Hall–Kier alpha value is -1.26. The predicted molar refractivity (Wildman–Crippen MR) is 72.8 cm³/mol. The van der Waals surface area contributed by atoms with Crippen LogP contribution in [0.1, 0.15) is 49.8 Å². The van der Waals surface area contributed by atoms with Crippen molar-refractivity contribution >= 4 is 0 Å². The van der Waals surface area contributed by atoms with Gasteiger partial charge in [0.25, 0.3) is 0 Å². The summed E-state index contributed by atoms with van der Waals surface area (Å²) < 4.78 is 0. The van der Waals surface area contributed by atoms with Gasteiger partial charge in [-0.1, -0.05) is 43.5 Å². The Balaban J connectivity index is 2.20. The molecule has 1 aliphatic carbocycles. The molecule has 1 heteroatoms. The zero-order valence-corrected chi connectivity index (χ0v) is 10.6. The Morgan fingerprint density at radius 2 is 2.24 bits per heavy atom. The Bertz CT molecular complexity index is 402. The molecular formula is C16H21N. The number of hydrogen-bond donors (Lipinski definition) is 1. The highest BCUT2D eigenvalue weighted by Gasteiger charge is 2.19. The summed E-state index contributed by atoms with van der Waals surface area (Å²) in [6.07, 6.45) is 11.5. The van der Waals surface area contributed by atoms with Crippen LogP contribution in [0, 0.1) is 12.3 Å². The van der Waals surface area contributed by atoms with Gasteiger partial charge in [0.2, 0.25) is 0 Å². The highest BCUT2D eigenvalue weighted by Crippen LogP contribution is 2.28. The molecule has 1 aromatic rings. The maximum atomic E-state index is 5.55. The normalized spacial score (nSPS) is 21.1. The van der Waals surface area contributed by atoms with Gasteiger partial charge in [-0.25, -0.2) is 0 Å². The zero-order chi connectivity index (χ0) is 12.1. The SMILES string of the molecule is C#CC(CC)NC1CCCCc2ccccc21. The molecular weight excluding hydrogens is 206 g/mol. The van der Waals surface area contributed by atoms with Crippen molar-refractivity contribution in [3.63, 3.8) is 0 Å². The first-order valence-electron chi connectivity index (χ1n) is 6.65. The Morgan fingerprint density at radius 1 is 1.41 bits per heavy atom. The average molecular weight is 227 g/mol. The van der Waals surface area contributed by atoms with E-state index in [1.165, 1.54) is 36.8 Å². The van der Waals surface area contributed by atoms with Gasteiger partial charge in [0.1, 0.15) is 0 Å². The molecule has 1 N–H and O–H groups in total. The standard InChI is InChI=1S/C16H21N/c1-3-14(4-2)17-16-12-8-6-10-13-9-5-7-11-15(13)16/h1,5,7,9,11,14,16-17H,4,6,8,10,12H2,2H3. The third-order valence-corrected chi connectivity index (χ3v) is 3.63. The quantitative estimate of drug-likeness (QED) is 0.616. The molecule has 0 fully saturated rings. The van der Waals surface area contributed by atoms with Gasteiger partial charge in [-0.3, -0.25) is 5.32 Å². The average Bonchev–Trinajstić information content (AvgIpc) is 2.58. The highest BCUT2D eigenvalue weighted by atomic mass is 14.9. The van der Waals surface area contributed by atoms with Crippen LogP contribution in [0.15, 0.2) is 24.3 Å². The molecule has 2 rings (SSSR count). The number of hydrogen-bond acceptors (Lipinski definition) is 1. The van der Waals surface area contributed by atoms with Crippen LogP contribution in [0.25, 0.3) is 0 Å². The van der Waals surface area contributed by atoms with E-state index in [4.69, 9.17) is 6.42 Å². The molecule has 2 atom stereocenters. The zero-order valence-electron chi connectivity index (χ0n) is 10.6. The predicted octanol–water partition coefficient (Wildman–Crippen LogP) is 3.46.